The molecule has 1 aliphatic rings. The summed E-state index contributed by atoms with van der Waals surface area (Å²) in [7, 11) is 0. The predicted molar refractivity (Wildman–Crippen MR) is 137 cm³/mol. The third-order valence-electron chi connectivity index (χ3n) is 6.76. The van der Waals surface area contributed by atoms with Gasteiger partial charge in [-0.05, 0) is 67.6 Å². The Labute approximate surface area is 203 Å². The summed E-state index contributed by atoms with van der Waals surface area (Å²) in [5.74, 6) is 0.877. The highest BCUT2D eigenvalue weighted by atomic mass is 35.5. The summed E-state index contributed by atoms with van der Waals surface area (Å²) in [6.45, 7) is 10.0. The standard InChI is InChI=1S/C29H33ClN2O/c1-21(2)32(29(33)24-10-5-4-6-11-24)19-25-18-31(17-23-13-15-26(30)16-14-23)20-28(25)27-12-8-7-9-22(27)3/h4-16,21,25,28H,17-20H2,1-3H3/t25-,28-/m1/s1. The molecule has 1 amide bonds. The molecular weight excluding hydrogens is 428 g/mol. The first-order valence-corrected chi connectivity index (χ1v) is 12.2. The van der Waals surface area contributed by atoms with Crippen LogP contribution in [0.25, 0.3) is 0 Å². The van der Waals surface area contributed by atoms with E-state index in [1.807, 2.05) is 42.5 Å². The predicted octanol–water partition coefficient (Wildman–Crippen LogP) is 6.41. The van der Waals surface area contributed by atoms with Gasteiger partial charge in [0, 0.05) is 48.7 Å². The van der Waals surface area contributed by atoms with Crippen molar-refractivity contribution >= 4 is 17.5 Å². The van der Waals surface area contributed by atoms with E-state index in [-0.39, 0.29) is 11.9 Å². The first kappa shape index (κ1) is 23.5. The summed E-state index contributed by atoms with van der Waals surface area (Å²) in [4.78, 5) is 18.0. The maximum Gasteiger partial charge on any atom is 0.254 e. The van der Waals surface area contributed by atoms with E-state index >= 15 is 0 Å². The smallest absolute Gasteiger partial charge is 0.254 e. The zero-order valence-corrected chi connectivity index (χ0v) is 20.5. The third kappa shape index (κ3) is 5.66. The minimum Gasteiger partial charge on any atom is -0.336 e. The molecule has 0 unspecified atom stereocenters. The van der Waals surface area contributed by atoms with Gasteiger partial charge in [0.25, 0.3) is 5.91 Å². The van der Waals surface area contributed by atoms with Crippen LogP contribution < -0.4 is 0 Å². The normalized spacial score (nSPS) is 18.6. The van der Waals surface area contributed by atoms with Crippen LogP contribution in [0.5, 0.6) is 0 Å². The first-order chi connectivity index (χ1) is 15.9. The molecule has 4 heteroatoms. The molecule has 0 radical (unpaired) electrons. The average Bonchev–Trinajstić information content (AvgIpc) is 3.21. The van der Waals surface area contributed by atoms with Crippen LogP contribution in [0.15, 0.2) is 78.9 Å². The number of carbonyl (C=O) groups is 1. The minimum atomic E-state index is 0.116. The minimum absolute atomic E-state index is 0.116. The van der Waals surface area contributed by atoms with Crippen molar-refractivity contribution in [1.82, 2.24) is 9.80 Å². The van der Waals surface area contributed by atoms with E-state index in [4.69, 9.17) is 11.6 Å². The lowest BCUT2D eigenvalue weighted by molar-refractivity contribution is 0.0668. The summed E-state index contributed by atoms with van der Waals surface area (Å²) >= 11 is 6.09. The van der Waals surface area contributed by atoms with Gasteiger partial charge in [0.1, 0.15) is 0 Å². The number of carbonyl (C=O) groups excluding carboxylic acids is 1. The van der Waals surface area contributed by atoms with Gasteiger partial charge in [-0.3, -0.25) is 9.69 Å². The molecule has 33 heavy (non-hydrogen) atoms. The summed E-state index contributed by atoms with van der Waals surface area (Å²) < 4.78 is 0. The van der Waals surface area contributed by atoms with Gasteiger partial charge in [-0.25, -0.2) is 0 Å². The summed E-state index contributed by atoms with van der Waals surface area (Å²) in [6.07, 6.45) is 0. The van der Waals surface area contributed by atoms with E-state index in [1.165, 1.54) is 16.7 Å². The Morgan fingerprint density at radius 3 is 2.30 bits per heavy atom. The highest BCUT2D eigenvalue weighted by molar-refractivity contribution is 6.30. The second-order valence-corrected chi connectivity index (χ2v) is 9.90. The Hall–Kier alpha value is -2.62. The van der Waals surface area contributed by atoms with Crippen LogP contribution >= 0.6 is 11.6 Å². The van der Waals surface area contributed by atoms with Crippen LogP contribution in [0.4, 0.5) is 0 Å². The van der Waals surface area contributed by atoms with E-state index in [0.717, 1.165) is 36.8 Å². The van der Waals surface area contributed by atoms with Gasteiger partial charge in [0.05, 0.1) is 0 Å². The Balaban J connectivity index is 1.58. The number of rotatable bonds is 7. The second-order valence-electron chi connectivity index (χ2n) is 9.46. The van der Waals surface area contributed by atoms with Gasteiger partial charge in [0.15, 0.2) is 0 Å². The number of benzene rings is 3. The van der Waals surface area contributed by atoms with Crippen LogP contribution in [-0.2, 0) is 6.54 Å². The van der Waals surface area contributed by atoms with Gasteiger partial charge in [-0.15, -0.1) is 0 Å². The lowest BCUT2D eigenvalue weighted by atomic mass is 9.86. The number of likely N-dealkylation sites (tertiary alicyclic amines) is 1. The van der Waals surface area contributed by atoms with E-state index in [1.54, 1.807) is 0 Å². The monoisotopic (exact) mass is 460 g/mol. The van der Waals surface area contributed by atoms with Crippen LogP contribution in [0.2, 0.25) is 5.02 Å². The SMILES string of the molecule is Cc1ccccc1[C@@H]1CN(Cc2ccc(Cl)cc2)C[C@@H]1CN(C(=O)c1ccccc1)C(C)C. The fourth-order valence-electron chi connectivity index (χ4n) is 5.01. The highest BCUT2D eigenvalue weighted by Gasteiger charge is 2.37. The molecule has 1 aliphatic heterocycles. The molecule has 3 aromatic rings. The number of hydrogen-bond donors (Lipinski definition) is 0. The Morgan fingerprint density at radius 2 is 1.64 bits per heavy atom. The quantitative estimate of drug-likeness (QED) is 0.406. The van der Waals surface area contributed by atoms with Crippen molar-refractivity contribution < 1.29 is 4.79 Å². The zero-order chi connectivity index (χ0) is 23.4. The molecule has 2 atom stereocenters. The lowest BCUT2D eigenvalue weighted by Gasteiger charge is -2.32. The number of aryl methyl sites for hydroxylation is 1. The van der Waals surface area contributed by atoms with Gasteiger partial charge < -0.3 is 4.90 Å². The van der Waals surface area contributed by atoms with Crippen molar-refractivity contribution in [2.24, 2.45) is 5.92 Å². The van der Waals surface area contributed by atoms with E-state index in [2.05, 4.69) is 67.0 Å². The molecule has 3 nitrogen and oxygen atoms in total. The molecule has 1 heterocycles. The number of amides is 1. The molecule has 0 aromatic heterocycles. The maximum absolute atomic E-state index is 13.4. The third-order valence-corrected chi connectivity index (χ3v) is 7.01. The van der Waals surface area contributed by atoms with Gasteiger partial charge in [0.2, 0.25) is 0 Å². The van der Waals surface area contributed by atoms with E-state index < -0.39 is 0 Å². The molecular formula is C29H33ClN2O. The van der Waals surface area contributed by atoms with Crippen molar-refractivity contribution in [2.45, 2.75) is 39.3 Å². The first-order valence-electron chi connectivity index (χ1n) is 11.8. The fourth-order valence-corrected chi connectivity index (χ4v) is 5.13. The summed E-state index contributed by atoms with van der Waals surface area (Å²) in [6, 6.07) is 26.6. The largest absolute Gasteiger partial charge is 0.336 e. The van der Waals surface area contributed by atoms with E-state index in [9.17, 15) is 4.79 Å². The fraction of sp³-hybridized carbons (Fsp3) is 0.345. The summed E-state index contributed by atoms with van der Waals surface area (Å²) in [5, 5.41) is 0.767. The zero-order valence-electron chi connectivity index (χ0n) is 19.7. The molecule has 0 saturated carbocycles. The van der Waals surface area contributed by atoms with Crippen LogP contribution in [0.1, 0.15) is 46.8 Å². The molecule has 172 valence electrons. The van der Waals surface area contributed by atoms with E-state index in [0.29, 0.717) is 11.8 Å². The average molecular weight is 461 g/mol. The second kappa shape index (κ2) is 10.5. The molecule has 0 aliphatic carbocycles. The molecule has 0 bridgehead atoms. The Morgan fingerprint density at radius 1 is 0.970 bits per heavy atom. The number of nitrogens with zero attached hydrogens (tertiary/aromatic N) is 2. The summed E-state index contributed by atoms with van der Waals surface area (Å²) in [5.41, 5.74) is 4.75. The van der Waals surface area contributed by atoms with Crippen LogP contribution in [0, 0.1) is 12.8 Å². The molecule has 1 fully saturated rings. The Bertz CT molecular complexity index is 1060. The van der Waals surface area contributed by atoms with Gasteiger partial charge in [-0.1, -0.05) is 66.2 Å². The van der Waals surface area contributed by atoms with Crippen molar-refractivity contribution in [2.75, 3.05) is 19.6 Å². The molecule has 4 rings (SSSR count). The van der Waals surface area contributed by atoms with Crippen LogP contribution in [0.3, 0.4) is 0 Å². The molecule has 3 aromatic carbocycles. The van der Waals surface area contributed by atoms with Gasteiger partial charge >= 0.3 is 0 Å². The molecule has 1 saturated heterocycles. The Kier molecular flexibility index (Phi) is 7.52. The maximum atomic E-state index is 13.4. The lowest BCUT2D eigenvalue weighted by Crippen LogP contribution is -2.42. The van der Waals surface area contributed by atoms with Crippen molar-refractivity contribution in [3.05, 3.63) is 106 Å². The molecule has 0 N–H and O–H groups in total. The number of hydrogen-bond acceptors (Lipinski definition) is 2. The van der Waals surface area contributed by atoms with Crippen molar-refractivity contribution in [1.29, 1.82) is 0 Å². The number of halogens is 1. The molecule has 0 spiro atoms. The highest BCUT2D eigenvalue weighted by Crippen LogP contribution is 2.36. The van der Waals surface area contributed by atoms with Crippen molar-refractivity contribution in [3.63, 3.8) is 0 Å². The van der Waals surface area contributed by atoms with Crippen molar-refractivity contribution in [3.8, 4) is 0 Å². The topological polar surface area (TPSA) is 23.6 Å². The van der Waals surface area contributed by atoms with Gasteiger partial charge in [-0.2, -0.15) is 0 Å². The van der Waals surface area contributed by atoms with Crippen LogP contribution in [-0.4, -0.2) is 41.4 Å².